The topological polar surface area (TPSA) is 66.8 Å². The van der Waals surface area contributed by atoms with E-state index in [-0.39, 0.29) is 25.7 Å². The minimum atomic E-state index is -0.517. The van der Waals surface area contributed by atoms with E-state index < -0.39 is 11.4 Å². The molecule has 122 valence electrons. The summed E-state index contributed by atoms with van der Waals surface area (Å²) in [5, 5.41) is 19.7. The summed E-state index contributed by atoms with van der Waals surface area (Å²) in [6, 6.07) is 0. The first-order valence-corrected chi connectivity index (χ1v) is 8.10. The molecule has 0 aliphatic heterocycles. The SMILES string of the molecule is C=C(C)C(=O)OCC1(CO)CCCCCCCCC1CO. The summed E-state index contributed by atoms with van der Waals surface area (Å²) in [6.45, 7) is 5.34. The van der Waals surface area contributed by atoms with Crippen LogP contribution in [0.25, 0.3) is 0 Å². The van der Waals surface area contributed by atoms with Crippen LogP contribution >= 0.6 is 0 Å². The maximum Gasteiger partial charge on any atom is 0.333 e. The van der Waals surface area contributed by atoms with Gasteiger partial charge in [0.25, 0.3) is 0 Å². The lowest BCUT2D eigenvalue weighted by atomic mass is 9.70. The van der Waals surface area contributed by atoms with Crippen molar-refractivity contribution < 1.29 is 19.7 Å². The highest BCUT2D eigenvalue weighted by Crippen LogP contribution is 2.38. The van der Waals surface area contributed by atoms with Crippen LogP contribution in [-0.4, -0.2) is 36.0 Å². The van der Waals surface area contributed by atoms with Crippen molar-refractivity contribution in [2.45, 2.75) is 58.3 Å². The van der Waals surface area contributed by atoms with E-state index in [1.54, 1.807) is 6.92 Å². The van der Waals surface area contributed by atoms with Gasteiger partial charge in [0.15, 0.2) is 0 Å². The van der Waals surface area contributed by atoms with E-state index in [0.29, 0.717) is 5.57 Å². The molecule has 0 amide bonds. The van der Waals surface area contributed by atoms with Gasteiger partial charge < -0.3 is 14.9 Å². The molecule has 0 spiro atoms. The third-order valence-corrected chi connectivity index (χ3v) is 4.72. The smallest absolute Gasteiger partial charge is 0.333 e. The van der Waals surface area contributed by atoms with Crippen LogP contribution < -0.4 is 0 Å². The summed E-state index contributed by atoms with van der Waals surface area (Å²) < 4.78 is 5.33. The molecule has 2 atom stereocenters. The van der Waals surface area contributed by atoms with Crippen molar-refractivity contribution in [1.82, 2.24) is 0 Å². The Bertz CT molecular complexity index is 340. The van der Waals surface area contributed by atoms with Crippen molar-refractivity contribution in [2.24, 2.45) is 11.3 Å². The molecule has 0 aromatic heterocycles. The first-order valence-electron chi connectivity index (χ1n) is 8.10. The monoisotopic (exact) mass is 298 g/mol. The summed E-state index contributed by atoms with van der Waals surface area (Å²) >= 11 is 0. The molecule has 1 rings (SSSR count). The molecule has 2 N–H and O–H groups in total. The number of carbonyl (C=O) groups is 1. The molecule has 0 radical (unpaired) electrons. The van der Waals surface area contributed by atoms with Gasteiger partial charge in [-0.2, -0.15) is 0 Å². The Morgan fingerprint density at radius 1 is 1.19 bits per heavy atom. The van der Waals surface area contributed by atoms with Gasteiger partial charge in [-0.15, -0.1) is 0 Å². The average Bonchev–Trinajstić information content (AvgIpc) is 2.49. The molecule has 1 saturated carbocycles. The van der Waals surface area contributed by atoms with Crippen molar-refractivity contribution in [3.63, 3.8) is 0 Å². The highest BCUT2D eigenvalue weighted by atomic mass is 16.5. The van der Waals surface area contributed by atoms with Crippen LogP contribution in [0.15, 0.2) is 12.2 Å². The molecule has 4 nitrogen and oxygen atoms in total. The number of hydrogen-bond acceptors (Lipinski definition) is 4. The maximum absolute atomic E-state index is 11.6. The summed E-state index contributed by atoms with van der Waals surface area (Å²) in [5.41, 5.74) is -0.152. The predicted octanol–water partition coefficient (Wildman–Crippen LogP) is 2.83. The summed E-state index contributed by atoms with van der Waals surface area (Å²) in [7, 11) is 0. The van der Waals surface area contributed by atoms with Gasteiger partial charge in [-0.3, -0.25) is 0 Å². The summed E-state index contributed by atoms with van der Waals surface area (Å²) in [6.07, 6.45) is 8.49. The molecule has 0 saturated heterocycles. The van der Waals surface area contributed by atoms with Crippen molar-refractivity contribution in [1.29, 1.82) is 0 Å². The maximum atomic E-state index is 11.6. The van der Waals surface area contributed by atoms with Crippen LogP contribution in [0.1, 0.15) is 58.3 Å². The molecule has 2 unspecified atom stereocenters. The van der Waals surface area contributed by atoms with Crippen LogP contribution in [0.5, 0.6) is 0 Å². The van der Waals surface area contributed by atoms with Crippen molar-refractivity contribution in [3.8, 4) is 0 Å². The molecule has 0 bridgehead atoms. The first-order chi connectivity index (χ1) is 10.1. The number of aliphatic hydroxyl groups excluding tert-OH is 2. The number of esters is 1. The first kappa shape index (κ1) is 18.2. The Morgan fingerprint density at radius 2 is 1.81 bits per heavy atom. The van der Waals surface area contributed by atoms with E-state index in [0.717, 1.165) is 32.1 Å². The Kier molecular flexibility index (Phi) is 7.97. The van der Waals surface area contributed by atoms with Gasteiger partial charge >= 0.3 is 5.97 Å². The summed E-state index contributed by atoms with van der Waals surface area (Å²) in [5.74, 6) is -0.435. The number of ether oxygens (including phenoxy) is 1. The third kappa shape index (κ3) is 5.44. The predicted molar refractivity (Wildman–Crippen MR) is 82.8 cm³/mol. The number of rotatable bonds is 5. The zero-order valence-corrected chi connectivity index (χ0v) is 13.3. The van der Waals surface area contributed by atoms with Gasteiger partial charge in [-0.1, -0.05) is 45.1 Å². The number of aliphatic hydroxyl groups is 2. The molecule has 4 heteroatoms. The van der Waals surface area contributed by atoms with Crippen LogP contribution in [0, 0.1) is 11.3 Å². The number of hydrogen-bond donors (Lipinski definition) is 2. The van der Waals surface area contributed by atoms with Gasteiger partial charge in [0, 0.05) is 17.6 Å². The van der Waals surface area contributed by atoms with Gasteiger partial charge in [0.1, 0.15) is 0 Å². The van der Waals surface area contributed by atoms with Crippen molar-refractivity contribution >= 4 is 5.97 Å². The average molecular weight is 298 g/mol. The second kappa shape index (κ2) is 9.21. The van der Waals surface area contributed by atoms with Gasteiger partial charge in [-0.25, -0.2) is 4.79 Å². The Morgan fingerprint density at radius 3 is 2.38 bits per heavy atom. The molecular weight excluding hydrogens is 268 g/mol. The standard InChI is InChI=1S/C17H30O4/c1-14(2)16(20)21-13-17(12-19)10-8-6-4-3-5-7-9-15(17)11-18/h15,18-19H,1,3-13H2,2H3. The minimum Gasteiger partial charge on any atom is -0.462 e. The molecular formula is C17H30O4. The molecule has 0 heterocycles. The molecule has 1 aliphatic rings. The van der Waals surface area contributed by atoms with Gasteiger partial charge in [0.2, 0.25) is 0 Å². The van der Waals surface area contributed by atoms with E-state index in [1.165, 1.54) is 19.3 Å². The fourth-order valence-corrected chi connectivity index (χ4v) is 3.15. The van der Waals surface area contributed by atoms with E-state index in [2.05, 4.69) is 6.58 Å². The van der Waals surface area contributed by atoms with Crippen molar-refractivity contribution in [2.75, 3.05) is 19.8 Å². The Balaban J connectivity index is 2.80. The molecule has 0 aromatic rings. The van der Waals surface area contributed by atoms with E-state index in [4.69, 9.17) is 4.74 Å². The van der Waals surface area contributed by atoms with Gasteiger partial charge in [-0.05, 0) is 25.7 Å². The van der Waals surface area contributed by atoms with E-state index in [1.807, 2.05) is 0 Å². The molecule has 1 aliphatic carbocycles. The molecule has 21 heavy (non-hydrogen) atoms. The molecule has 1 fully saturated rings. The van der Waals surface area contributed by atoms with Crippen LogP contribution in [0.2, 0.25) is 0 Å². The van der Waals surface area contributed by atoms with E-state index >= 15 is 0 Å². The summed E-state index contributed by atoms with van der Waals surface area (Å²) in [4.78, 5) is 11.6. The van der Waals surface area contributed by atoms with Gasteiger partial charge in [0.05, 0.1) is 13.2 Å². The number of carbonyl (C=O) groups excluding carboxylic acids is 1. The lowest BCUT2D eigenvalue weighted by molar-refractivity contribution is -0.147. The van der Waals surface area contributed by atoms with Crippen molar-refractivity contribution in [3.05, 3.63) is 12.2 Å². The largest absolute Gasteiger partial charge is 0.462 e. The highest BCUT2D eigenvalue weighted by Gasteiger charge is 2.39. The zero-order valence-electron chi connectivity index (χ0n) is 13.3. The lowest BCUT2D eigenvalue weighted by Gasteiger charge is -2.39. The second-order valence-electron chi connectivity index (χ2n) is 6.42. The van der Waals surface area contributed by atoms with Crippen LogP contribution in [0.4, 0.5) is 0 Å². The lowest BCUT2D eigenvalue weighted by Crippen LogP contribution is -2.41. The second-order valence-corrected chi connectivity index (χ2v) is 6.42. The van der Waals surface area contributed by atoms with Crippen LogP contribution in [-0.2, 0) is 9.53 Å². The quantitative estimate of drug-likeness (QED) is 0.605. The third-order valence-electron chi connectivity index (χ3n) is 4.72. The van der Waals surface area contributed by atoms with E-state index in [9.17, 15) is 15.0 Å². The Labute approximate surface area is 128 Å². The molecule has 0 aromatic carbocycles. The zero-order chi connectivity index (χ0) is 15.7. The normalized spacial score (nSPS) is 27.9. The fraction of sp³-hybridized carbons (Fsp3) is 0.824. The highest BCUT2D eigenvalue weighted by molar-refractivity contribution is 5.86. The Hall–Kier alpha value is -0.870. The fourth-order valence-electron chi connectivity index (χ4n) is 3.15. The van der Waals surface area contributed by atoms with Crippen LogP contribution in [0.3, 0.4) is 0 Å². The minimum absolute atomic E-state index is 0.0153.